The Labute approximate surface area is 158 Å². The lowest BCUT2D eigenvalue weighted by Gasteiger charge is -2.36. The quantitative estimate of drug-likeness (QED) is 0.777. The summed E-state index contributed by atoms with van der Waals surface area (Å²) in [7, 11) is -0.335. The van der Waals surface area contributed by atoms with E-state index in [1.165, 1.54) is 4.31 Å². The maximum atomic E-state index is 12.7. The highest BCUT2D eigenvalue weighted by atomic mass is 35.5. The molecule has 2 aromatic rings. The van der Waals surface area contributed by atoms with Crippen LogP contribution in [0.5, 0.6) is 11.5 Å². The zero-order valence-electron chi connectivity index (χ0n) is 14.7. The Kier molecular flexibility index (Phi) is 5.60. The van der Waals surface area contributed by atoms with Gasteiger partial charge in [0, 0.05) is 38.3 Å². The Morgan fingerprint density at radius 3 is 2.12 bits per heavy atom. The Bertz CT molecular complexity index is 866. The zero-order valence-corrected chi connectivity index (χ0v) is 16.3. The predicted molar refractivity (Wildman–Crippen MR) is 102 cm³/mol. The minimum atomic E-state index is -3.47. The Morgan fingerprint density at radius 1 is 0.923 bits per heavy atom. The number of rotatable bonds is 5. The molecule has 0 saturated carbocycles. The molecular weight excluding hydrogens is 376 g/mol. The van der Waals surface area contributed by atoms with Gasteiger partial charge in [0.15, 0.2) is 0 Å². The highest BCUT2D eigenvalue weighted by molar-refractivity contribution is 7.89. The summed E-state index contributed by atoms with van der Waals surface area (Å²) in [6.07, 6.45) is 0. The number of benzene rings is 2. The van der Waals surface area contributed by atoms with Crippen molar-refractivity contribution in [2.75, 3.05) is 45.3 Å². The van der Waals surface area contributed by atoms with Gasteiger partial charge in [-0.3, -0.25) is 0 Å². The van der Waals surface area contributed by atoms with Crippen LogP contribution in [0.1, 0.15) is 0 Å². The third kappa shape index (κ3) is 3.60. The molecule has 0 aromatic heterocycles. The van der Waals surface area contributed by atoms with Crippen molar-refractivity contribution in [3.63, 3.8) is 0 Å². The summed E-state index contributed by atoms with van der Waals surface area (Å²) in [4.78, 5) is 2.40. The highest BCUT2D eigenvalue weighted by Gasteiger charge is 2.29. The summed E-state index contributed by atoms with van der Waals surface area (Å²) in [5, 5.41) is 0.471. The fraction of sp³-hybridized carbons (Fsp3) is 0.333. The molecule has 3 rings (SSSR count). The molecular formula is C18H21ClN2O4S. The molecule has 6 nitrogen and oxygen atoms in total. The Morgan fingerprint density at radius 2 is 1.54 bits per heavy atom. The van der Waals surface area contributed by atoms with E-state index in [1.807, 2.05) is 6.07 Å². The number of hydrogen-bond donors (Lipinski definition) is 0. The van der Waals surface area contributed by atoms with E-state index in [9.17, 15) is 8.42 Å². The van der Waals surface area contributed by atoms with Gasteiger partial charge in [-0.1, -0.05) is 29.8 Å². The van der Waals surface area contributed by atoms with Gasteiger partial charge in [-0.25, -0.2) is 8.42 Å². The van der Waals surface area contributed by atoms with E-state index < -0.39 is 10.0 Å². The molecule has 0 unspecified atom stereocenters. The monoisotopic (exact) mass is 396 g/mol. The fourth-order valence-corrected chi connectivity index (χ4v) is 4.68. The van der Waals surface area contributed by atoms with Crippen LogP contribution in [0, 0.1) is 0 Å². The van der Waals surface area contributed by atoms with Crippen molar-refractivity contribution >= 4 is 27.3 Å². The maximum Gasteiger partial charge on any atom is 0.243 e. The van der Waals surface area contributed by atoms with Crippen molar-refractivity contribution in [3.05, 3.63) is 47.5 Å². The molecule has 0 atom stereocenters. The maximum absolute atomic E-state index is 12.7. The third-order valence-corrected chi connectivity index (χ3v) is 6.62. The third-order valence-electron chi connectivity index (χ3n) is 4.41. The molecule has 8 heteroatoms. The summed E-state index contributed by atoms with van der Waals surface area (Å²) in [6.45, 7) is 1.89. The molecule has 1 fully saturated rings. The number of nitrogens with zero attached hydrogens (tertiary/aromatic N) is 2. The molecule has 1 heterocycles. The van der Waals surface area contributed by atoms with Gasteiger partial charge < -0.3 is 14.4 Å². The van der Waals surface area contributed by atoms with Crippen LogP contribution in [0.15, 0.2) is 47.4 Å². The topological polar surface area (TPSA) is 59.1 Å². The first-order valence-corrected chi connectivity index (χ1v) is 10.0. The predicted octanol–water partition coefficient (Wildman–Crippen LogP) is 2.87. The average Bonchev–Trinajstić information content (AvgIpc) is 2.68. The molecule has 0 N–H and O–H groups in total. The van der Waals surface area contributed by atoms with Gasteiger partial charge in [0.2, 0.25) is 10.0 Å². The summed E-state index contributed by atoms with van der Waals surface area (Å²) in [6, 6.07) is 12.0. The second-order valence-corrected chi connectivity index (χ2v) is 8.21. The van der Waals surface area contributed by atoms with Gasteiger partial charge in [0.25, 0.3) is 0 Å². The molecule has 1 aliphatic rings. The number of hydrogen-bond acceptors (Lipinski definition) is 5. The van der Waals surface area contributed by atoms with E-state index in [0.29, 0.717) is 47.6 Å². The summed E-state index contributed by atoms with van der Waals surface area (Å²) < 4.78 is 37.7. The fourth-order valence-electron chi connectivity index (χ4n) is 3.00. The van der Waals surface area contributed by atoms with Gasteiger partial charge in [-0.2, -0.15) is 4.31 Å². The largest absolute Gasteiger partial charge is 0.495 e. The smallest absolute Gasteiger partial charge is 0.243 e. The van der Waals surface area contributed by atoms with E-state index in [0.717, 1.165) is 5.69 Å². The van der Waals surface area contributed by atoms with Crippen LogP contribution in [0.4, 0.5) is 5.69 Å². The lowest BCUT2D eigenvalue weighted by Crippen LogP contribution is -2.48. The Balaban J connectivity index is 1.79. The van der Waals surface area contributed by atoms with Crippen molar-refractivity contribution in [1.29, 1.82) is 0 Å². The van der Waals surface area contributed by atoms with Crippen LogP contribution in [0.3, 0.4) is 0 Å². The number of anilines is 1. The summed E-state index contributed by atoms with van der Waals surface area (Å²) >= 11 is 6.16. The molecule has 1 saturated heterocycles. The number of sulfonamides is 1. The van der Waals surface area contributed by atoms with Crippen LogP contribution in [-0.2, 0) is 10.0 Å². The Hall–Kier alpha value is -1.96. The molecule has 0 aliphatic carbocycles. The first-order valence-electron chi connectivity index (χ1n) is 8.19. The highest BCUT2D eigenvalue weighted by Crippen LogP contribution is 2.38. The van der Waals surface area contributed by atoms with E-state index >= 15 is 0 Å². The second-order valence-electron chi connectivity index (χ2n) is 5.86. The number of halogens is 1. The van der Waals surface area contributed by atoms with E-state index in [4.69, 9.17) is 21.1 Å². The minimum absolute atomic E-state index is 0.319. The van der Waals surface area contributed by atoms with Crippen LogP contribution < -0.4 is 14.4 Å². The van der Waals surface area contributed by atoms with Crippen molar-refractivity contribution in [2.45, 2.75) is 4.90 Å². The van der Waals surface area contributed by atoms with Crippen molar-refractivity contribution in [2.24, 2.45) is 0 Å². The lowest BCUT2D eigenvalue weighted by molar-refractivity contribution is 0.376. The van der Waals surface area contributed by atoms with Crippen LogP contribution in [-0.4, -0.2) is 53.1 Å². The van der Waals surface area contributed by atoms with Crippen molar-refractivity contribution < 1.29 is 17.9 Å². The van der Waals surface area contributed by atoms with Crippen molar-refractivity contribution in [1.82, 2.24) is 4.31 Å². The molecule has 0 radical (unpaired) electrons. The van der Waals surface area contributed by atoms with Crippen molar-refractivity contribution in [3.8, 4) is 11.5 Å². The van der Waals surface area contributed by atoms with Gasteiger partial charge in [-0.15, -0.1) is 0 Å². The van der Waals surface area contributed by atoms with Gasteiger partial charge >= 0.3 is 0 Å². The number of methoxy groups -OCH3 is 2. The average molecular weight is 397 g/mol. The number of piperazine rings is 1. The molecule has 26 heavy (non-hydrogen) atoms. The molecule has 0 bridgehead atoms. The normalized spacial score (nSPS) is 15.7. The molecule has 2 aromatic carbocycles. The standard InChI is InChI=1S/C18H21ClN2O4S/c1-24-17-13-16(18(25-2)12-15(17)19)20-8-10-21(11-9-20)26(22,23)14-6-4-3-5-7-14/h3-7,12-13H,8-11H2,1-2H3. The second kappa shape index (κ2) is 7.73. The molecule has 140 valence electrons. The van der Waals surface area contributed by atoms with Crippen LogP contribution >= 0.6 is 11.6 Å². The van der Waals surface area contributed by atoms with Crippen LogP contribution in [0.2, 0.25) is 5.02 Å². The van der Waals surface area contributed by atoms with Gasteiger partial charge in [-0.05, 0) is 12.1 Å². The van der Waals surface area contributed by atoms with E-state index in [2.05, 4.69) is 4.90 Å². The number of ether oxygens (including phenoxy) is 2. The zero-order chi connectivity index (χ0) is 18.7. The first kappa shape index (κ1) is 18.8. The summed E-state index contributed by atoms with van der Waals surface area (Å²) in [5.41, 5.74) is 0.838. The lowest BCUT2D eigenvalue weighted by atomic mass is 10.2. The van der Waals surface area contributed by atoms with E-state index in [-0.39, 0.29) is 0 Å². The molecule has 1 aliphatic heterocycles. The first-order chi connectivity index (χ1) is 12.5. The van der Waals surface area contributed by atoms with Crippen LogP contribution in [0.25, 0.3) is 0 Å². The van der Waals surface area contributed by atoms with Gasteiger partial charge in [0.05, 0.1) is 29.8 Å². The minimum Gasteiger partial charge on any atom is -0.495 e. The SMILES string of the molecule is COc1cc(N2CCN(S(=O)(=O)c3ccccc3)CC2)c(OC)cc1Cl. The summed E-state index contributed by atoms with van der Waals surface area (Å²) in [5.74, 6) is 1.19. The van der Waals surface area contributed by atoms with Gasteiger partial charge in [0.1, 0.15) is 11.5 Å². The molecule has 0 spiro atoms. The molecule has 0 amide bonds. The van der Waals surface area contributed by atoms with E-state index in [1.54, 1.807) is 50.6 Å².